The highest BCUT2D eigenvalue weighted by Crippen LogP contribution is 2.46. The van der Waals surface area contributed by atoms with Gasteiger partial charge in [0, 0.05) is 18.7 Å². The lowest BCUT2D eigenvalue weighted by molar-refractivity contribution is -0.0780. The summed E-state index contributed by atoms with van der Waals surface area (Å²) in [6, 6.07) is 6.19. The first-order valence-corrected chi connectivity index (χ1v) is 9.23. The minimum absolute atomic E-state index is 0.298. The van der Waals surface area contributed by atoms with Crippen molar-refractivity contribution in [2.24, 2.45) is 0 Å². The third kappa shape index (κ3) is 2.72. The van der Waals surface area contributed by atoms with E-state index in [4.69, 9.17) is 9.47 Å². The van der Waals surface area contributed by atoms with Gasteiger partial charge in [0.15, 0.2) is 11.6 Å². The van der Waals surface area contributed by atoms with Crippen molar-refractivity contribution >= 4 is 5.82 Å². The van der Waals surface area contributed by atoms with Gasteiger partial charge < -0.3 is 14.4 Å². The summed E-state index contributed by atoms with van der Waals surface area (Å²) in [5.74, 6) is 0.994. The van der Waals surface area contributed by atoms with Gasteiger partial charge in [0.1, 0.15) is 17.7 Å². The number of nitrogens with zero attached hydrogens (tertiary/aromatic N) is 3. The Morgan fingerprint density at radius 2 is 2.08 bits per heavy atom. The number of hydrogen-bond acceptors (Lipinski definition) is 5. The van der Waals surface area contributed by atoms with Crippen molar-refractivity contribution in [2.75, 3.05) is 31.7 Å². The van der Waals surface area contributed by atoms with Gasteiger partial charge in [0.05, 0.1) is 19.4 Å². The van der Waals surface area contributed by atoms with Crippen LogP contribution in [0.3, 0.4) is 0 Å². The van der Waals surface area contributed by atoms with E-state index in [-0.39, 0.29) is 11.4 Å². The minimum Gasteiger partial charge on any atom is -0.496 e. The Bertz CT molecular complexity index is 789. The molecule has 2 aromatic rings. The second-order valence-corrected chi connectivity index (χ2v) is 6.89. The number of fused-ring (bicyclic) bond motifs is 2. The summed E-state index contributed by atoms with van der Waals surface area (Å²) in [4.78, 5) is 10.2. The second-order valence-electron chi connectivity index (χ2n) is 6.89. The zero-order valence-corrected chi connectivity index (χ0v) is 15.3. The predicted molar refractivity (Wildman–Crippen MR) is 97.1 cm³/mol. The van der Waals surface area contributed by atoms with Crippen LogP contribution in [0.1, 0.15) is 36.6 Å². The Hall–Kier alpha value is -2.21. The molecule has 138 valence electrons. The van der Waals surface area contributed by atoms with E-state index in [1.165, 1.54) is 17.5 Å². The normalized spacial score (nSPS) is 18.7. The van der Waals surface area contributed by atoms with Gasteiger partial charge in [0.2, 0.25) is 0 Å². The number of benzene rings is 1. The summed E-state index contributed by atoms with van der Waals surface area (Å²) in [5, 5.41) is 0. The standard InChI is InChI=1S/C20H24FN3O2/c1-3-15-18(21)19(23-13-22-15)24-10-8-20(9-11-24)17-14(7-12-26-20)5-4-6-16(17)25-2/h4-6,13H,3,7-12H2,1-2H3. The number of piperidine rings is 1. The highest BCUT2D eigenvalue weighted by Gasteiger charge is 2.43. The first kappa shape index (κ1) is 17.2. The van der Waals surface area contributed by atoms with Crippen molar-refractivity contribution < 1.29 is 13.9 Å². The fourth-order valence-corrected chi connectivity index (χ4v) is 4.24. The maximum atomic E-state index is 14.6. The maximum absolute atomic E-state index is 14.6. The molecule has 4 rings (SSSR count). The lowest BCUT2D eigenvalue weighted by atomic mass is 9.78. The van der Waals surface area contributed by atoms with E-state index in [1.807, 2.05) is 24.0 Å². The molecule has 0 N–H and O–H groups in total. The van der Waals surface area contributed by atoms with Gasteiger partial charge >= 0.3 is 0 Å². The summed E-state index contributed by atoms with van der Waals surface area (Å²) in [6.07, 6.45) is 4.48. The van der Waals surface area contributed by atoms with E-state index in [9.17, 15) is 4.39 Å². The minimum atomic E-state index is -0.353. The summed E-state index contributed by atoms with van der Waals surface area (Å²) in [7, 11) is 1.70. The van der Waals surface area contributed by atoms with Gasteiger partial charge in [-0.2, -0.15) is 0 Å². The highest BCUT2D eigenvalue weighted by molar-refractivity contribution is 5.48. The summed E-state index contributed by atoms with van der Waals surface area (Å²) in [6.45, 7) is 3.99. The van der Waals surface area contributed by atoms with Crippen LogP contribution in [0.25, 0.3) is 0 Å². The van der Waals surface area contributed by atoms with E-state index in [0.29, 0.717) is 37.6 Å². The predicted octanol–water partition coefficient (Wildman–Crippen LogP) is 3.26. The molecule has 1 spiro atoms. The number of ether oxygens (including phenoxy) is 2. The number of hydrogen-bond donors (Lipinski definition) is 0. The molecule has 1 aromatic heterocycles. The molecule has 0 unspecified atom stereocenters. The Labute approximate surface area is 153 Å². The number of anilines is 1. The molecule has 0 radical (unpaired) electrons. The van der Waals surface area contributed by atoms with Gasteiger partial charge in [-0.3, -0.25) is 0 Å². The molecule has 3 heterocycles. The van der Waals surface area contributed by atoms with E-state index in [0.717, 1.165) is 25.0 Å². The Kier molecular flexibility index (Phi) is 4.53. The topological polar surface area (TPSA) is 47.5 Å². The molecule has 6 heteroatoms. The second kappa shape index (κ2) is 6.83. The number of rotatable bonds is 3. The van der Waals surface area contributed by atoms with Crippen molar-refractivity contribution in [2.45, 2.75) is 38.2 Å². The molecule has 1 aromatic carbocycles. The molecule has 2 aliphatic heterocycles. The molecule has 0 bridgehead atoms. The van der Waals surface area contributed by atoms with Crippen molar-refractivity contribution in [3.8, 4) is 5.75 Å². The largest absolute Gasteiger partial charge is 0.496 e. The molecular formula is C20H24FN3O2. The van der Waals surface area contributed by atoms with Crippen molar-refractivity contribution in [1.82, 2.24) is 9.97 Å². The molecule has 0 aliphatic carbocycles. The van der Waals surface area contributed by atoms with Crippen LogP contribution in [0, 0.1) is 5.82 Å². The molecule has 0 saturated carbocycles. The zero-order chi connectivity index (χ0) is 18.1. The Morgan fingerprint density at radius 1 is 1.27 bits per heavy atom. The first-order chi connectivity index (χ1) is 12.7. The van der Waals surface area contributed by atoms with Crippen LogP contribution in [0.2, 0.25) is 0 Å². The average molecular weight is 357 g/mol. The van der Waals surface area contributed by atoms with Gasteiger partial charge in [0.25, 0.3) is 0 Å². The molecule has 5 nitrogen and oxygen atoms in total. The summed E-state index contributed by atoms with van der Waals surface area (Å²) < 4.78 is 26.6. The summed E-state index contributed by atoms with van der Waals surface area (Å²) >= 11 is 0. The number of methoxy groups -OCH3 is 1. The van der Waals surface area contributed by atoms with Gasteiger partial charge in [-0.05, 0) is 37.3 Å². The molecule has 1 fully saturated rings. The van der Waals surface area contributed by atoms with Crippen LogP contribution >= 0.6 is 0 Å². The quantitative estimate of drug-likeness (QED) is 0.844. The molecule has 1 saturated heterocycles. The fraction of sp³-hybridized carbons (Fsp3) is 0.500. The van der Waals surface area contributed by atoms with Crippen LogP contribution in [0.4, 0.5) is 10.2 Å². The molecule has 0 amide bonds. The van der Waals surface area contributed by atoms with Gasteiger partial charge in [-0.25, -0.2) is 14.4 Å². The third-order valence-electron chi connectivity index (χ3n) is 5.59. The number of aromatic nitrogens is 2. The van der Waals surface area contributed by atoms with Gasteiger partial charge in [-0.15, -0.1) is 0 Å². The van der Waals surface area contributed by atoms with Gasteiger partial charge in [-0.1, -0.05) is 19.1 Å². The zero-order valence-electron chi connectivity index (χ0n) is 15.3. The van der Waals surface area contributed by atoms with Crippen LogP contribution in [0.5, 0.6) is 5.75 Å². The molecule has 0 atom stereocenters. The molecule has 26 heavy (non-hydrogen) atoms. The summed E-state index contributed by atoms with van der Waals surface area (Å²) in [5.41, 5.74) is 2.58. The third-order valence-corrected chi connectivity index (χ3v) is 5.59. The first-order valence-electron chi connectivity index (χ1n) is 9.23. The highest BCUT2D eigenvalue weighted by atomic mass is 19.1. The Morgan fingerprint density at radius 3 is 2.81 bits per heavy atom. The fourth-order valence-electron chi connectivity index (χ4n) is 4.24. The number of halogens is 1. The molecular weight excluding hydrogens is 333 g/mol. The Balaban J connectivity index is 1.62. The van der Waals surface area contributed by atoms with Crippen LogP contribution in [0.15, 0.2) is 24.5 Å². The maximum Gasteiger partial charge on any atom is 0.187 e. The lowest BCUT2D eigenvalue weighted by Gasteiger charge is -2.45. The van der Waals surface area contributed by atoms with Crippen LogP contribution in [-0.4, -0.2) is 36.8 Å². The molecule has 2 aliphatic rings. The average Bonchev–Trinajstić information content (AvgIpc) is 2.69. The van der Waals surface area contributed by atoms with Crippen molar-refractivity contribution in [1.29, 1.82) is 0 Å². The van der Waals surface area contributed by atoms with Crippen LogP contribution < -0.4 is 9.64 Å². The van der Waals surface area contributed by atoms with E-state index in [1.54, 1.807) is 7.11 Å². The van der Waals surface area contributed by atoms with E-state index >= 15 is 0 Å². The SMILES string of the molecule is CCc1ncnc(N2CCC3(CC2)OCCc2cccc(OC)c23)c1F. The monoisotopic (exact) mass is 357 g/mol. The van der Waals surface area contributed by atoms with Crippen molar-refractivity contribution in [3.63, 3.8) is 0 Å². The lowest BCUT2D eigenvalue weighted by Crippen LogP contribution is -2.47. The van der Waals surface area contributed by atoms with Crippen molar-refractivity contribution in [3.05, 3.63) is 47.2 Å². The van der Waals surface area contributed by atoms with Crippen LogP contribution in [-0.2, 0) is 23.2 Å². The van der Waals surface area contributed by atoms with E-state index < -0.39 is 0 Å². The van der Waals surface area contributed by atoms with E-state index in [2.05, 4.69) is 16.0 Å². The number of aryl methyl sites for hydroxylation is 1. The smallest absolute Gasteiger partial charge is 0.187 e.